The van der Waals surface area contributed by atoms with E-state index in [0.717, 1.165) is 19.3 Å². The highest BCUT2D eigenvalue weighted by Crippen LogP contribution is 2.54. The Hall–Kier alpha value is -2.26. The predicted octanol–water partition coefficient (Wildman–Crippen LogP) is 7.05. The SMILES string of the molecule is C=C(C)C(=O)OC(CCCC)OP(=O)(OC(CCCC)OC(=O)C(=C)C)OC(CCCC)OC(=O)C(=C)C. The zero-order valence-corrected chi connectivity index (χ0v) is 24.6. The van der Waals surface area contributed by atoms with Gasteiger partial charge in [0.05, 0.1) is 0 Å². The molecule has 0 bridgehead atoms. The first kappa shape index (κ1) is 35.7. The van der Waals surface area contributed by atoms with E-state index in [1.807, 2.05) is 20.8 Å². The molecule has 3 unspecified atom stereocenters. The largest absolute Gasteiger partial charge is 0.484 e. The van der Waals surface area contributed by atoms with Gasteiger partial charge >= 0.3 is 25.7 Å². The molecule has 0 saturated heterocycles. The second kappa shape index (κ2) is 18.9. The number of unbranched alkanes of at least 4 members (excludes halogenated alkanes) is 3. The van der Waals surface area contributed by atoms with Gasteiger partial charge in [-0.05, 0) is 40.0 Å². The molecule has 0 amide bonds. The van der Waals surface area contributed by atoms with Gasteiger partial charge in [-0.1, -0.05) is 59.8 Å². The van der Waals surface area contributed by atoms with Crippen molar-refractivity contribution in [3.05, 3.63) is 36.5 Å². The Kier molecular flexibility index (Phi) is 17.8. The molecule has 11 heteroatoms. The third-order valence-corrected chi connectivity index (χ3v) is 6.36. The van der Waals surface area contributed by atoms with Crippen LogP contribution in [0.15, 0.2) is 36.5 Å². The van der Waals surface area contributed by atoms with Gasteiger partial charge in [-0.3, -0.25) is 0 Å². The van der Waals surface area contributed by atoms with Gasteiger partial charge in [0.25, 0.3) is 0 Å². The van der Waals surface area contributed by atoms with Crippen LogP contribution in [0.3, 0.4) is 0 Å². The van der Waals surface area contributed by atoms with Crippen LogP contribution in [0.4, 0.5) is 0 Å². The van der Waals surface area contributed by atoms with Crippen molar-refractivity contribution in [2.75, 3.05) is 0 Å². The fourth-order valence-corrected chi connectivity index (χ4v) is 4.14. The third kappa shape index (κ3) is 15.2. The lowest BCUT2D eigenvalue weighted by atomic mass is 10.2. The molecule has 0 N–H and O–H groups in total. The molecule has 0 aromatic heterocycles. The number of carbonyl (C=O) groups is 3. The van der Waals surface area contributed by atoms with Crippen molar-refractivity contribution in [1.82, 2.24) is 0 Å². The lowest BCUT2D eigenvalue weighted by molar-refractivity contribution is -0.181. The van der Waals surface area contributed by atoms with Gasteiger partial charge in [-0.15, -0.1) is 0 Å². The van der Waals surface area contributed by atoms with Gasteiger partial charge in [0, 0.05) is 36.0 Å². The monoisotopic (exact) mass is 560 g/mol. The molecule has 0 spiro atoms. The van der Waals surface area contributed by atoms with E-state index in [-0.39, 0.29) is 36.0 Å². The second-order valence-electron chi connectivity index (χ2n) is 9.04. The Morgan fingerprint density at radius 3 is 1.00 bits per heavy atom. The van der Waals surface area contributed by atoms with Gasteiger partial charge < -0.3 is 14.2 Å². The number of phosphoric ester groups is 1. The average molecular weight is 561 g/mol. The summed E-state index contributed by atoms with van der Waals surface area (Å²) in [6, 6.07) is 0. The summed E-state index contributed by atoms with van der Waals surface area (Å²) in [6.07, 6.45) is 0.343. The van der Waals surface area contributed by atoms with E-state index in [9.17, 15) is 18.9 Å². The van der Waals surface area contributed by atoms with Gasteiger partial charge in [0.15, 0.2) is 0 Å². The van der Waals surface area contributed by atoms with Crippen LogP contribution in [-0.2, 0) is 46.7 Å². The van der Waals surface area contributed by atoms with E-state index in [2.05, 4.69) is 19.7 Å². The molecule has 0 radical (unpaired) electrons. The van der Waals surface area contributed by atoms with E-state index < -0.39 is 44.6 Å². The Balaban J connectivity index is 6.31. The topological polar surface area (TPSA) is 124 Å². The minimum absolute atomic E-state index is 0.110. The molecule has 0 fully saturated rings. The molecule has 38 heavy (non-hydrogen) atoms. The van der Waals surface area contributed by atoms with Crippen LogP contribution < -0.4 is 0 Å². The number of carbonyl (C=O) groups excluding carboxylic acids is 3. The fraction of sp³-hybridized carbons (Fsp3) is 0.667. The van der Waals surface area contributed by atoms with Crippen LogP contribution in [-0.4, -0.2) is 36.8 Å². The van der Waals surface area contributed by atoms with E-state index in [1.54, 1.807) is 0 Å². The second-order valence-corrected chi connectivity index (χ2v) is 10.6. The zero-order valence-electron chi connectivity index (χ0n) is 23.7. The van der Waals surface area contributed by atoms with Crippen LogP contribution in [0, 0.1) is 0 Å². The van der Waals surface area contributed by atoms with Crippen molar-refractivity contribution < 1.29 is 46.7 Å². The van der Waals surface area contributed by atoms with Crippen LogP contribution in [0.5, 0.6) is 0 Å². The molecule has 0 aliphatic heterocycles. The maximum absolute atomic E-state index is 14.1. The molecule has 0 heterocycles. The maximum atomic E-state index is 14.1. The molecule has 0 aliphatic rings. The van der Waals surface area contributed by atoms with Crippen molar-refractivity contribution in [3.8, 4) is 0 Å². The van der Waals surface area contributed by atoms with Crippen molar-refractivity contribution in [1.29, 1.82) is 0 Å². The van der Waals surface area contributed by atoms with E-state index in [1.165, 1.54) is 20.8 Å². The summed E-state index contributed by atoms with van der Waals surface area (Å²) in [5.41, 5.74) is 0.331. The van der Waals surface area contributed by atoms with Crippen LogP contribution in [0.1, 0.15) is 99.3 Å². The van der Waals surface area contributed by atoms with Crippen molar-refractivity contribution in [2.24, 2.45) is 0 Å². The Labute approximate surface area is 227 Å². The summed E-state index contributed by atoms with van der Waals surface area (Å²) in [7, 11) is -4.69. The van der Waals surface area contributed by atoms with E-state index in [4.69, 9.17) is 27.8 Å². The lowest BCUT2D eigenvalue weighted by Crippen LogP contribution is -2.28. The highest BCUT2D eigenvalue weighted by molar-refractivity contribution is 7.48. The first-order valence-electron chi connectivity index (χ1n) is 13.0. The molecule has 0 saturated carbocycles. The van der Waals surface area contributed by atoms with Crippen molar-refractivity contribution in [3.63, 3.8) is 0 Å². The Morgan fingerprint density at radius 1 is 0.579 bits per heavy atom. The number of rotatable bonds is 21. The minimum Gasteiger partial charge on any atom is -0.432 e. The molecular formula is C27H45O10P. The zero-order chi connectivity index (χ0) is 29.3. The summed E-state index contributed by atoms with van der Waals surface area (Å²) in [6.45, 7) is 20.8. The summed E-state index contributed by atoms with van der Waals surface area (Å²) in [5.74, 6) is -2.28. The number of hydrogen-bond donors (Lipinski definition) is 0. The number of phosphoric acid groups is 1. The first-order valence-corrected chi connectivity index (χ1v) is 14.5. The van der Waals surface area contributed by atoms with E-state index in [0.29, 0.717) is 19.3 Å². The van der Waals surface area contributed by atoms with Crippen LogP contribution >= 0.6 is 7.82 Å². The summed E-state index contributed by atoms with van der Waals surface area (Å²) in [4.78, 5) is 36.7. The molecular weight excluding hydrogens is 515 g/mol. The maximum Gasteiger partial charge on any atom is 0.484 e. The molecule has 0 aliphatic carbocycles. The summed E-state index contributed by atoms with van der Waals surface area (Å²) >= 11 is 0. The molecule has 0 aromatic carbocycles. The quantitative estimate of drug-likeness (QED) is 0.0474. The number of esters is 3. The molecule has 0 aromatic rings. The van der Waals surface area contributed by atoms with Gasteiger partial charge in [0.2, 0.25) is 18.9 Å². The average Bonchev–Trinajstić information content (AvgIpc) is 2.83. The van der Waals surface area contributed by atoms with Crippen molar-refractivity contribution in [2.45, 2.75) is 118 Å². The molecule has 0 rings (SSSR count). The molecule has 3 atom stereocenters. The molecule has 218 valence electrons. The highest BCUT2D eigenvalue weighted by Gasteiger charge is 2.40. The van der Waals surface area contributed by atoms with Gasteiger partial charge in [-0.2, -0.15) is 0 Å². The first-order chi connectivity index (χ1) is 17.8. The molecule has 10 nitrogen and oxygen atoms in total. The normalized spacial score (nSPS) is 14.9. The standard InChI is InChI=1S/C27H45O10P/c1-10-13-16-22(32-25(28)19(4)5)35-38(31,36-23(17-14-11-2)33-26(29)20(6)7)37-24(18-15-12-3)34-27(30)21(8)9/h22-24H,4,6,8,10-18H2,1-3,5,7,9H3. The minimum atomic E-state index is -4.69. The lowest BCUT2D eigenvalue weighted by Gasteiger charge is -2.29. The van der Waals surface area contributed by atoms with Gasteiger partial charge in [0.1, 0.15) is 0 Å². The van der Waals surface area contributed by atoms with Crippen molar-refractivity contribution >= 4 is 25.7 Å². The number of ether oxygens (including phenoxy) is 3. The van der Waals surface area contributed by atoms with Crippen LogP contribution in [0.25, 0.3) is 0 Å². The van der Waals surface area contributed by atoms with E-state index >= 15 is 0 Å². The summed E-state index contributed by atoms with van der Waals surface area (Å²) < 4.78 is 47.1. The third-order valence-electron chi connectivity index (χ3n) is 4.88. The van der Waals surface area contributed by atoms with Gasteiger partial charge in [-0.25, -0.2) is 32.5 Å². The summed E-state index contributed by atoms with van der Waals surface area (Å²) in [5, 5.41) is 0. The highest BCUT2D eigenvalue weighted by atomic mass is 31.2. The Morgan fingerprint density at radius 2 is 0.816 bits per heavy atom. The Bertz CT molecular complexity index is 757. The van der Waals surface area contributed by atoms with Crippen LogP contribution in [0.2, 0.25) is 0 Å². The number of hydrogen-bond acceptors (Lipinski definition) is 10. The predicted molar refractivity (Wildman–Crippen MR) is 144 cm³/mol. The fourth-order valence-electron chi connectivity index (χ4n) is 2.68. The smallest absolute Gasteiger partial charge is 0.432 e.